The number of hydrogen-bond donors (Lipinski definition) is 1. The number of nitrogens with zero attached hydrogens (tertiary/aromatic N) is 1. The fourth-order valence-corrected chi connectivity index (χ4v) is 1.88. The lowest BCUT2D eigenvalue weighted by atomic mass is 10.2. The SMILES string of the molecule is CCc1oc(-c2ccc(OC(F)(F)F)cc2)nc1CCO. The van der Waals surface area contributed by atoms with E-state index in [4.69, 9.17) is 9.52 Å². The van der Waals surface area contributed by atoms with Crippen molar-refractivity contribution in [3.8, 4) is 17.2 Å². The number of oxazole rings is 1. The van der Waals surface area contributed by atoms with Gasteiger partial charge < -0.3 is 14.3 Å². The molecule has 0 atom stereocenters. The minimum absolute atomic E-state index is 0.0443. The summed E-state index contributed by atoms with van der Waals surface area (Å²) in [4.78, 5) is 4.26. The lowest BCUT2D eigenvalue weighted by Crippen LogP contribution is -2.16. The standard InChI is InChI=1S/C14H14F3NO3/c1-2-12-11(7-8-19)18-13(20-12)9-3-5-10(6-4-9)21-14(15,16)17/h3-6,19H,2,7-8H2,1H3. The van der Waals surface area contributed by atoms with Gasteiger partial charge in [0.1, 0.15) is 11.5 Å². The Balaban J connectivity index is 2.22. The zero-order valence-electron chi connectivity index (χ0n) is 11.3. The highest BCUT2D eigenvalue weighted by Gasteiger charge is 2.31. The summed E-state index contributed by atoms with van der Waals surface area (Å²) >= 11 is 0. The molecule has 1 aromatic carbocycles. The highest BCUT2D eigenvalue weighted by molar-refractivity contribution is 5.55. The first-order valence-electron chi connectivity index (χ1n) is 6.38. The Morgan fingerprint density at radius 1 is 1.24 bits per heavy atom. The number of aliphatic hydroxyl groups excluding tert-OH is 1. The van der Waals surface area contributed by atoms with E-state index >= 15 is 0 Å². The van der Waals surface area contributed by atoms with Crippen molar-refractivity contribution in [2.45, 2.75) is 26.1 Å². The van der Waals surface area contributed by atoms with Crippen molar-refractivity contribution in [1.29, 1.82) is 0 Å². The van der Waals surface area contributed by atoms with Crippen LogP contribution < -0.4 is 4.74 Å². The molecule has 0 aliphatic rings. The normalized spacial score (nSPS) is 11.7. The number of halogens is 3. The van der Waals surface area contributed by atoms with E-state index in [1.165, 1.54) is 24.3 Å². The van der Waals surface area contributed by atoms with Gasteiger partial charge in [0, 0.05) is 25.0 Å². The molecule has 0 unspecified atom stereocenters. The summed E-state index contributed by atoms with van der Waals surface area (Å²) in [6.45, 7) is 1.85. The first-order valence-corrected chi connectivity index (χ1v) is 6.38. The van der Waals surface area contributed by atoms with Crippen molar-refractivity contribution < 1.29 is 27.4 Å². The summed E-state index contributed by atoms with van der Waals surface area (Å²) in [5.74, 6) is 0.674. The predicted molar refractivity (Wildman–Crippen MR) is 68.8 cm³/mol. The maximum absolute atomic E-state index is 12.1. The molecule has 2 aromatic rings. The number of aryl methyl sites for hydroxylation is 1. The quantitative estimate of drug-likeness (QED) is 0.920. The largest absolute Gasteiger partial charge is 0.573 e. The van der Waals surface area contributed by atoms with Crippen molar-refractivity contribution in [2.24, 2.45) is 0 Å². The molecule has 0 saturated heterocycles. The average molecular weight is 301 g/mol. The van der Waals surface area contributed by atoms with Crippen molar-refractivity contribution in [2.75, 3.05) is 6.61 Å². The van der Waals surface area contributed by atoms with Crippen LogP contribution in [0.4, 0.5) is 13.2 Å². The van der Waals surface area contributed by atoms with E-state index in [1.807, 2.05) is 6.92 Å². The van der Waals surface area contributed by atoms with Gasteiger partial charge in [-0.3, -0.25) is 0 Å². The van der Waals surface area contributed by atoms with Crippen LogP contribution in [0.5, 0.6) is 5.75 Å². The molecular formula is C14H14F3NO3. The Labute approximate surface area is 119 Å². The average Bonchev–Trinajstić information content (AvgIpc) is 2.81. The Morgan fingerprint density at radius 2 is 1.90 bits per heavy atom. The third kappa shape index (κ3) is 3.98. The van der Waals surface area contributed by atoms with Gasteiger partial charge in [-0.15, -0.1) is 13.2 Å². The van der Waals surface area contributed by atoms with Crippen LogP contribution in [0.1, 0.15) is 18.4 Å². The number of benzene rings is 1. The molecule has 1 heterocycles. The molecule has 0 aliphatic heterocycles. The van der Waals surface area contributed by atoms with Crippen LogP contribution in [0.3, 0.4) is 0 Å². The molecule has 7 heteroatoms. The fourth-order valence-electron chi connectivity index (χ4n) is 1.88. The van der Waals surface area contributed by atoms with Gasteiger partial charge in [-0.05, 0) is 24.3 Å². The fraction of sp³-hybridized carbons (Fsp3) is 0.357. The van der Waals surface area contributed by atoms with Gasteiger partial charge in [0.25, 0.3) is 0 Å². The summed E-state index contributed by atoms with van der Waals surface area (Å²) in [7, 11) is 0. The maximum atomic E-state index is 12.1. The molecule has 0 amide bonds. The molecule has 0 bridgehead atoms. The van der Waals surface area contributed by atoms with Crippen LogP contribution in [0.15, 0.2) is 28.7 Å². The Morgan fingerprint density at radius 3 is 2.43 bits per heavy atom. The monoisotopic (exact) mass is 301 g/mol. The van der Waals surface area contributed by atoms with Crippen LogP contribution >= 0.6 is 0 Å². The molecule has 0 aliphatic carbocycles. The van der Waals surface area contributed by atoms with Gasteiger partial charge in [-0.25, -0.2) is 4.98 Å². The van der Waals surface area contributed by atoms with E-state index in [0.29, 0.717) is 35.7 Å². The number of alkyl halides is 3. The second-order valence-electron chi connectivity index (χ2n) is 4.29. The zero-order valence-corrected chi connectivity index (χ0v) is 11.3. The number of ether oxygens (including phenoxy) is 1. The highest BCUT2D eigenvalue weighted by Crippen LogP contribution is 2.27. The van der Waals surface area contributed by atoms with E-state index in [-0.39, 0.29) is 12.4 Å². The number of rotatable bonds is 5. The number of aliphatic hydroxyl groups is 1. The maximum Gasteiger partial charge on any atom is 0.573 e. The molecule has 0 spiro atoms. The van der Waals surface area contributed by atoms with Crippen molar-refractivity contribution >= 4 is 0 Å². The minimum atomic E-state index is -4.71. The molecule has 21 heavy (non-hydrogen) atoms. The van der Waals surface area contributed by atoms with Gasteiger partial charge in [0.15, 0.2) is 0 Å². The molecule has 4 nitrogen and oxygen atoms in total. The summed E-state index contributed by atoms with van der Waals surface area (Å²) < 4.78 is 45.6. The van der Waals surface area contributed by atoms with Gasteiger partial charge in [-0.2, -0.15) is 0 Å². The Hall–Kier alpha value is -2.02. The highest BCUT2D eigenvalue weighted by atomic mass is 19.4. The Bertz CT molecular complexity index is 591. The predicted octanol–water partition coefficient (Wildman–Crippen LogP) is 3.34. The second-order valence-corrected chi connectivity index (χ2v) is 4.29. The first kappa shape index (κ1) is 15.4. The third-order valence-electron chi connectivity index (χ3n) is 2.78. The molecule has 114 valence electrons. The van der Waals surface area contributed by atoms with Crippen LogP contribution in [0.25, 0.3) is 11.5 Å². The lowest BCUT2D eigenvalue weighted by Gasteiger charge is -2.08. The summed E-state index contributed by atoms with van der Waals surface area (Å²) in [6, 6.07) is 5.28. The van der Waals surface area contributed by atoms with Gasteiger partial charge in [-0.1, -0.05) is 6.92 Å². The number of aromatic nitrogens is 1. The summed E-state index contributed by atoms with van der Waals surface area (Å²) in [5.41, 5.74) is 1.20. The summed E-state index contributed by atoms with van der Waals surface area (Å²) in [6.07, 6.45) is -3.71. The van der Waals surface area contributed by atoms with E-state index < -0.39 is 6.36 Å². The van der Waals surface area contributed by atoms with E-state index in [9.17, 15) is 13.2 Å². The lowest BCUT2D eigenvalue weighted by molar-refractivity contribution is -0.274. The molecular weight excluding hydrogens is 287 g/mol. The van der Waals surface area contributed by atoms with Crippen LogP contribution in [0, 0.1) is 0 Å². The van der Waals surface area contributed by atoms with Gasteiger partial charge in [0.05, 0.1) is 5.69 Å². The smallest absolute Gasteiger partial charge is 0.441 e. The van der Waals surface area contributed by atoms with Crippen molar-refractivity contribution in [3.05, 3.63) is 35.7 Å². The Kier molecular flexibility index (Phi) is 4.52. The van der Waals surface area contributed by atoms with Crippen molar-refractivity contribution in [1.82, 2.24) is 4.98 Å². The summed E-state index contributed by atoms with van der Waals surface area (Å²) in [5, 5.41) is 8.96. The van der Waals surface area contributed by atoms with E-state index in [2.05, 4.69) is 9.72 Å². The van der Waals surface area contributed by atoms with E-state index in [1.54, 1.807) is 0 Å². The molecule has 1 aromatic heterocycles. The second kappa shape index (κ2) is 6.17. The number of hydrogen-bond acceptors (Lipinski definition) is 4. The first-order chi connectivity index (χ1) is 9.93. The topological polar surface area (TPSA) is 55.5 Å². The molecule has 1 N–H and O–H groups in total. The van der Waals surface area contributed by atoms with Crippen LogP contribution in [-0.2, 0) is 12.8 Å². The van der Waals surface area contributed by atoms with Gasteiger partial charge >= 0.3 is 6.36 Å². The molecule has 0 saturated carbocycles. The minimum Gasteiger partial charge on any atom is -0.441 e. The van der Waals surface area contributed by atoms with Gasteiger partial charge in [0.2, 0.25) is 5.89 Å². The van der Waals surface area contributed by atoms with Crippen LogP contribution in [-0.4, -0.2) is 23.1 Å². The van der Waals surface area contributed by atoms with E-state index in [0.717, 1.165) is 0 Å². The third-order valence-corrected chi connectivity index (χ3v) is 2.78. The molecule has 0 fully saturated rings. The molecule has 2 rings (SSSR count). The van der Waals surface area contributed by atoms with Crippen molar-refractivity contribution in [3.63, 3.8) is 0 Å². The molecule has 0 radical (unpaired) electrons. The zero-order chi connectivity index (χ0) is 15.5. The van der Waals surface area contributed by atoms with Crippen LogP contribution in [0.2, 0.25) is 0 Å².